The molecule has 2 aromatic carbocycles. The number of anilines is 1. The van der Waals surface area contributed by atoms with Crippen molar-refractivity contribution in [3.8, 4) is 0 Å². The molecule has 0 aromatic heterocycles. The van der Waals surface area contributed by atoms with Crippen LogP contribution in [0.4, 0.5) is 10.1 Å². The summed E-state index contributed by atoms with van der Waals surface area (Å²) in [6, 6.07) is 14.7. The zero-order valence-electron chi connectivity index (χ0n) is 9.53. The molecule has 0 heterocycles. The minimum atomic E-state index is -0.205. The van der Waals surface area contributed by atoms with Crippen molar-refractivity contribution in [2.75, 3.05) is 11.9 Å². The van der Waals surface area contributed by atoms with Gasteiger partial charge in [-0.25, -0.2) is 4.39 Å². The lowest BCUT2D eigenvalue weighted by molar-refractivity contribution is 0.627. The Kier molecular flexibility index (Phi) is 3.79. The molecule has 0 aliphatic carbocycles. The van der Waals surface area contributed by atoms with Crippen LogP contribution in [0.2, 0.25) is 0 Å². The first kappa shape index (κ1) is 12.1. The normalized spacial score (nSPS) is 10.3. The van der Waals surface area contributed by atoms with Crippen LogP contribution in [0, 0.1) is 5.82 Å². The van der Waals surface area contributed by atoms with Crippen molar-refractivity contribution in [3.63, 3.8) is 0 Å². The first-order valence-electron chi connectivity index (χ1n) is 5.36. The van der Waals surface area contributed by atoms with E-state index in [1.807, 2.05) is 30.1 Å². The summed E-state index contributed by atoms with van der Waals surface area (Å²) >= 11 is 3.44. The van der Waals surface area contributed by atoms with Crippen molar-refractivity contribution in [3.05, 3.63) is 64.4 Å². The van der Waals surface area contributed by atoms with Crippen molar-refractivity contribution >= 4 is 21.6 Å². The molecule has 0 aliphatic rings. The summed E-state index contributed by atoms with van der Waals surface area (Å²) in [4.78, 5) is 2.02. The quantitative estimate of drug-likeness (QED) is 0.819. The van der Waals surface area contributed by atoms with Crippen LogP contribution < -0.4 is 4.90 Å². The predicted octanol–water partition coefficient (Wildman–Crippen LogP) is 4.22. The summed E-state index contributed by atoms with van der Waals surface area (Å²) in [5.41, 5.74) is 2.07. The molecular weight excluding hydrogens is 281 g/mol. The van der Waals surface area contributed by atoms with Gasteiger partial charge >= 0.3 is 0 Å². The zero-order chi connectivity index (χ0) is 12.3. The van der Waals surface area contributed by atoms with Crippen LogP contribution in [0.25, 0.3) is 0 Å². The average molecular weight is 294 g/mol. The van der Waals surface area contributed by atoms with Crippen molar-refractivity contribution in [2.45, 2.75) is 6.54 Å². The molecule has 0 bridgehead atoms. The van der Waals surface area contributed by atoms with Crippen LogP contribution in [0.1, 0.15) is 5.56 Å². The Hall–Kier alpha value is -1.35. The van der Waals surface area contributed by atoms with Gasteiger partial charge in [0, 0.05) is 23.8 Å². The molecule has 0 spiro atoms. The first-order chi connectivity index (χ1) is 8.15. The minimum Gasteiger partial charge on any atom is -0.370 e. The Morgan fingerprint density at radius 3 is 2.59 bits per heavy atom. The summed E-state index contributed by atoms with van der Waals surface area (Å²) in [5.74, 6) is -0.205. The van der Waals surface area contributed by atoms with Crippen LogP contribution in [0.3, 0.4) is 0 Å². The minimum absolute atomic E-state index is 0.205. The summed E-state index contributed by atoms with van der Waals surface area (Å²) < 4.78 is 14.2. The highest BCUT2D eigenvalue weighted by Gasteiger charge is 2.03. The lowest BCUT2D eigenvalue weighted by Crippen LogP contribution is -2.16. The SMILES string of the molecule is CN(Cc1cccc(Br)c1)c1cccc(F)c1. The Morgan fingerprint density at radius 1 is 1.12 bits per heavy atom. The van der Waals surface area contributed by atoms with E-state index in [0.29, 0.717) is 0 Å². The Morgan fingerprint density at radius 2 is 1.88 bits per heavy atom. The van der Waals surface area contributed by atoms with Crippen molar-refractivity contribution in [1.29, 1.82) is 0 Å². The van der Waals surface area contributed by atoms with Gasteiger partial charge < -0.3 is 4.90 Å². The predicted molar refractivity (Wildman–Crippen MR) is 72.6 cm³/mol. The van der Waals surface area contributed by atoms with E-state index in [2.05, 4.69) is 28.1 Å². The van der Waals surface area contributed by atoms with E-state index in [-0.39, 0.29) is 5.82 Å². The standard InChI is InChI=1S/C14H13BrFN/c1-17(14-7-3-6-13(16)9-14)10-11-4-2-5-12(15)8-11/h2-9H,10H2,1H3. The Bertz CT molecular complexity index is 513. The molecule has 0 atom stereocenters. The summed E-state index contributed by atoms with van der Waals surface area (Å²) in [5, 5.41) is 0. The maximum Gasteiger partial charge on any atom is 0.125 e. The topological polar surface area (TPSA) is 3.24 Å². The summed E-state index contributed by atoms with van der Waals surface area (Å²) in [7, 11) is 1.95. The van der Waals surface area contributed by atoms with Gasteiger partial charge in [0.05, 0.1) is 0 Å². The number of nitrogens with zero attached hydrogens (tertiary/aromatic N) is 1. The van der Waals surface area contributed by atoms with E-state index < -0.39 is 0 Å². The van der Waals surface area contributed by atoms with Crippen molar-refractivity contribution in [1.82, 2.24) is 0 Å². The number of halogens is 2. The number of benzene rings is 2. The molecule has 0 N–H and O–H groups in total. The average Bonchev–Trinajstić information content (AvgIpc) is 2.29. The van der Waals surface area contributed by atoms with Gasteiger partial charge in [-0.05, 0) is 35.9 Å². The molecule has 0 saturated heterocycles. The van der Waals surface area contributed by atoms with Gasteiger partial charge in [-0.1, -0.05) is 34.1 Å². The van der Waals surface area contributed by atoms with E-state index in [4.69, 9.17) is 0 Å². The highest BCUT2D eigenvalue weighted by molar-refractivity contribution is 9.10. The van der Waals surface area contributed by atoms with E-state index in [0.717, 1.165) is 16.7 Å². The third-order valence-corrected chi connectivity index (χ3v) is 3.05. The monoisotopic (exact) mass is 293 g/mol. The molecule has 0 unspecified atom stereocenters. The lowest BCUT2D eigenvalue weighted by atomic mass is 10.2. The second-order valence-corrected chi connectivity index (χ2v) is 4.88. The van der Waals surface area contributed by atoms with Gasteiger partial charge in [0.25, 0.3) is 0 Å². The van der Waals surface area contributed by atoms with Crippen LogP contribution in [0.5, 0.6) is 0 Å². The number of hydrogen-bond donors (Lipinski definition) is 0. The molecule has 1 nitrogen and oxygen atoms in total. The van der Waals surface area contributed by atoms with Gasteiger partial charge in [-0.15, -0.1) is 0 Å². The van der Waals surface area contributed by atoms with Gasteiger partial charge in [0.1, 0.15) is 5.82 Å². The molecule has 0 fully saturated rings. The van der Waals surface area contributed by atoms with E-state index in [1.54, 1.807) is 6.07 Å². The summed E-state index contributed by atoms with van der Waals surface area (Å²) in [6.45, 7) is 0.753. The smallest absolute Gasteiger partial charge is 0.125 e. The maximum absolute atomic E-state index is 13.1. The molecule has 88 valence electrons. The molecule has 3 heteroatoms. The molecule has 0 aliphatic heterocycles. The van der Waals surface area contributed by atoms with E-state index in [9.17, 15) is 4.39 Å². The molecule has 2 aromatic rings. The van der Waals surface area contributed by atoms with E-state index >= 15 is 0 Å². The van der Waals surface area contributed by atoms with Crippen molar-refractivity contribution in [2.24, 2.45) is 0 Å². The first-order valence-corrected chi connectivity index (χ1v) is 6.15. The van der Waals surface area contributed by atoms with Crippen LogP contribution in [-0.4, -0.2) is 7.05 Å². The van der Waals surface area contributed by atoms with Gasteiger partial charge in [0.15, 0.2) is 0 Å². The lowest BCUT2D eigenvalue weighted by Gasteiger charge is -2.19. The summed E-state index contributed by atoms with van der Waals surface area (Å²) in [6.07, 6.45) is 0. The fourth-order valence-corrected chi connectivity index (χ4v) is 2.16. The Labute approximate surface area is 109 Å². The third-order valence-electron chi connectivity index (χ3n) is 2.56. The molecule has 17 heavy (non-hydrogen) atoms. The molecule has 0 amide bonds. The van der Waals surface area contributed by atoms with Crippen molar-refractivity contribution < 1.29 is 4.39 Å². The van der Waals surface area contributed by atoms with Crippen LogP contribution >= 0.6 is 15.9 Å². The molecule has 0 saturated carbocycles. The van der Waals surface area contributed by atoms with Gasteiger partial charge in [-0.2, -0.15) is 0 Å². The molecular formula is C14H13BrFN. The fourth-order valence-electron chi connectivity index (χ4n) is 1.71. The van der Waals surface area contributed by atoms with E-state index in [1.165, 1.54) is 17.7 Å². The fraction of sp³-hybridized carbons (Fsp3) is 0.143. The highest BCUT2D eigenvalue weighted by atomic mass is 79.9. The second kappa shape index (κ2) is 5.32. The number of hydrogen-bond acceptors (Lipinski definition) is 1. The second-order valence-electron chi connectivity index (χ2n) is 3.97. The largest absolute Gasteiger partial charge is 0.370 e. The van der Waals surface area contributed by atoms with Gasteiger partial charge in [0.2, 0.25) is 0 Å². The van der Waals surface area contributed by atoms with Crippen LogP contribution in [0.15, 0.2) is 53.0 Å². The zero-order valence-corrected chi connectivity index (χ0v) is 11.1. The third kappa shape index (κ3) is 3.30. The van der Waals surface area contributed by atoms with Crippen LogP contribution in [-0.2, 0) is 6.54 Å². The molecule has 0 radical (unpaired) electrons. The number of rotatable bonds is 3. The Balaban J connectivity index is 2.14. The highest BCUT2D eigenvalue weighted by Crippen LogP contribution is 2.18. The van der Waals surface area contributed by atoms with Gasteiger partial charge in [-0.3, -0.25) is 0 Å². The maximum atomic E-state index is 13.1. The molecule has 2 rings (SSSR count).